The van der Waals surface area contributed by atoms with Crippen LogP contribution in [0.4, 0.5) is 0 Å². The molecule has 0 saturated heterocycles. The van der Waals surface area contributed by atoms with Gasteiger partial charge in [-0.25, -0.2) is 8.42 Å². The number of rotatable bonds is 6. The van der Waals surface area contributed by atoms with Gasteiger partial charge in [-0.2, -0.15) is 0 Å². The van der Waals surface area contributed by atoms with Crippen LogP contribution in [-0.4, -0.2) is 33.0 Å². The third-order valence-electron chi connectivity index (χ3n) is 2.18. The molecule has 90 valence electrons. The molecule has 1 N–H and O–H groups in total. The van der Waals surface area contributed by atoms with E-state index in [1.54, 1.807) is 24.3 Å². The molecule has 4 nitrogen and oxygen atoms in total. The van der Waals surface area contributed by atoms with Gasteiger partial charge in [-0.1, -0.05) is 18.2 Å². The van der Waals surface area contributed by atoms with E-state index in [0.29, 0.717) is 11.3 Å². The molecule has 0 spiro atoms. The lowest BCUT2D eigenvalue weighted by Crippen LogP contribution is -2.11. The van der Waals surface area contributed by atoms with Crippen molar-refractivity contribution in [1.82, 2.24) is 0 Å². The van der Waals surface area contributed by atoms with Crippen molar-refractivity contribution in [1.29, 1.82) is 0 Å². The minimum absolute atomic E-state index is 0.00154. The van der Waals surface area contributed by atoms with E-state index in [-0.39, 0.29) is 24.5 Å². The Kier molecular flexibility index (Phi) is 4.76. The van der Waals surface area contributed by atoms with Gasteiger partial charge in [0.1, 0.15) is 5.75 Å². The van der Waals surface area contributed by atoms with E-state index in [1.165, 1.54) is 7.11 Å². The van der Waals surface area contributed by atoms with Gasteiger partial charge in [0.05, 0.1) is 18.6 Å². The number of ether oxygens (including phenoxy) is 1. The Hall–Kier alpha value is -1.07. The number of aliphatic hydroxyl groups is 1. The van der Waals surface area contributed by atoms with E-state index in [2.05, 4.69) is 0 Å². The molecule has 0 saturated carbocycles. The van der Waals surface area contributed by atoms with E-state index < -0.39 is 9.84 Å². The lowest BCUT2D eigenvalue weighted by molar-refractivity contribution is 0.295. The van der Waals surface area contributed by atoms with Crippen molar-refractivity contribution < 1.29 is 18.3 Å². The van der Waals surface area contributed by atoms with Gasteiger partial charge < -0.3 is 9.84 Å². The highest BCUT2D eigenvalue weighted by atomic mass is 32.2. The molecule has 0 radical (unpaired) electrons. The molecule has 5 heteroatoms. The molecule has 1 aromatic carbocycles. The van der Waals surface area contributed by atoms with Crippen LogP contribution in [0.5, 0.6) is 5.75 Å². The molecule has 0 aliphatic carbocycles. The maximum atomic E-state index is 11.7. The topological polar surface area (TPSA) is 63.6 Å². The van der Waals surface area contributed by atoms with E-state index in [0.717, 1.165) is 0 Å². The summed E-state index contributed by atoms with van der Waals surface area (Å²) in [6.45, 7) is -0.106. The van der Waals surface area contributed by atoms with Gasteiger partial charge in [-0.15, -0.1) is 0 Å². The van der Waals surface area contributed by atoms with Crippen LogP contribution in [0.25, 0.3) is 0 Å². The predicted octanol–water partition coefficient (Wildman–Crippen LogP) is 0.992. The van der Waals surface area contributed by atoms with Crippen molar-refractivity contribution in [2.45, 2.75) is 12.2 Å². The predicted molar refractivity (Wildman–Crippen MR) is 62.2 cm³/mol. The first-order chi connectivity index (χ1) is 7.59. The number of sulfone groups is 1. The number of para-hydroxylation sites is 1. The van der Waals surface area contributed by atoms with Crippen LogP contribution >= 0.6 is 0 Å². The summed E-state index contributed by atoms with van der Waals surface area (Å²) < 4.78 is 28.4. The number of benzene rings is 1. The Labute approximate surface area is 95.8 Å². The van der Waals surface area contributed by atoms with Crippen LogP contribution in [0.3, 0.4) is 0 Å². The van der Waals surface area contributed by atoms with Crippen LogP contribution in [0, 0.1) is 0 Å². The van der Waals surface area contributed by atoms with Gasteiger partial charge in [-0.05, 0) is 12.5 Å². The zero-order valence-electron chi connectivity index (χ0n) is 9.22. The Morgan fingerprint density at radius 3 is 2.62 bits per heavy atom. The Bertz CT molecular complexity index is 425. The second-order valence-corrected chi connectivity index (χ2v) is 5.67. The van der Waals surface area contributed by atoms with Crippen molar-refractivity contribution in [3.8, 4) is 5.75 Å². The molecule has 0 heterocycles. The highest BCUT2D eigenvalue weighted by molar-refractivity contribution is 7.90. The molecule has 0 amide bonds. The lowest BCUT2D eigenvalue weighted by Gasteiger charge is -2.08. The van der Waals surface area contributed by atoms with Crippen molar-refractivity contribution in [2.75, 3.05) is 19.5 Å². The van der Waals surface area contributed by atoms with Crippen LogP contribution in [0.1, 0.15) is 12.0 Å². The second kappa shape index (κ2) is 5.86. The summed E-state index contributed by atoms with van der Waals surface area (Å²) in [5.41, 5.74) is 0.655. The van der Waals surface area contributed by atoms with Crippen molar-refractivity contribution in [3.05, 3.63) is 29.8 Å². The zero-order chi connectivity index (χ0) is 12.0. The third-order valence-corrected chi connectivity index (χ3v) is 3.84. The summed E-state index contributed by atoms with van der Waals surface area (Å²) in [5, 5.41) is 8.61. The SMILES string of the molecule is COc1ccccc1CS(=O)(=O)CCCO. The van der Waals surface area contributed by atoms with Crippen molar-refractivity contribution in [3.63, 3.8) is 0 Å². The van der Waals surface area contributed by atoms with Crippen LogP contribution < -0.4 is 4.74 Å². The summed E-state index contributed by atoms with van der Waals surface area (Å²) >= 11 is 0. The maximum absolute atomic E-state index is 11.7. The fraction of sp³-hybridized carbons (Fsp3) is 0.455. The number of hydrogen-bond donors (Lipinski definition) is 1. The zero-order valence-corrected chi connectivity index (χ0v) is 10.0. The van der Waals surface area contributed by atoms with Gasteiger partial charge in [0.2, 0.25) is 0 Å². The van der Waals surface area contributed by atoms with Crippen molar-refractivity contribution in [2.24, 2.45) is 0 Å². The summed E-state index contributed by atoms with van der Waals surface area (Å²) in [4.78, 5) is 0. The average Bonchev–Trinajstić information content (AvgIpc) is 2.27. The van der Waals surface area contributed by atoms with Gasteiger partial charge in [0.15, 0.2) is 9.84 Å². The van der Waals surface area contributed by atoms with E-state index in [1.807, 2.05) is 0 Å². The average molecular weight is 244 g/mol. The molecular formula is C11H16O4S. The highest BCUT2D eigenvalue weighted by Crippen LogP contribution is 2.20. The van der Waals surface area contributed by atoms with Gasteiger partial charge >= 0.3 is 0 Å². The first-order valence-corrected chi connectivity index (χ1v) is 6.84. The molecule has 0 bridgehead atoms. The molecule has 16 heavy (non-hydrogen) atoms. The number of aliphatic hydroxyl groups excluding tert-OH is 1. The first kappa shape index (κ1) is 13.0. The molecular weight excluding hydrogens is 228 g/mol. The normalized spacial score (nSPS) is 11.4. The van der Waals surface area contributed by atoms with E-state index >= 15 is 0 Å². The Morgan fingerprint density at radius 2 is 2.00 bits per heavy atom. The summed E-state index contributed by atoms with van der Waals surface area (Å²) in [7, 11) is -1.66. The Balaban J connectivity index is 2.79. The van der Waals surface area contributed by atoms with Crippen LogP contribution in [0.15, 0.2) is 24.3 Å². The van der Waals surface area contributed by atoms with Gasteiger partial charge in [-0.3, -0.25) is 0 Å². The second-order valence-electron chi connectivity index (χ2n) is 3.48. The molecule has 0 fully saturated rings. The molecule has 0 aliphatic rings. The summed E-state index contributed by atoms with van der Waals surface area (Å²) in [5.74, 6) is 0.536. The number of methoxy groups -OCH3 is 1. The van der Waals surface area contributed by atoms with Crippen LogP contribution in [-0.2, 0) is 15.6 Å². The fourth-order valence-electron chi connectivity index (χ4n) is 1.42. The molecule has 1 rings (SSSR count). The monoisotopic (exact) mass is 244 g/mol. The maximum Gasteiger partial charge on any atom is 0.154 e. The van der Waals surface area contributed by atoms with Gasteiger partial charge in [0.25, 0.3) is 0 Å². The molecule has 0 atom stereocenters. The lowest BCUT2D eigenvalue weighted by atomic mass is 10.2. The first-order valence-electron chi connectivity index (χ1n) is 5.02. The highest BCUT2D eigenvalue weighted by Gasteiger charge is 2.14. The van der Waals surface area contributed by atoms with Crippen LogP contribution in [0.2, 0.25) is 0 Å². The molecule has 0 aromatic heterocycles. The third kappa shape index (κ3) is 3.83. The standard InChI is InChI=1S/C11H16O4S/c1-15-11-6-3-2-5-10(11)9-16(13,14)8-4-7-12/h2-3,5-6,12H,4,7-9H2,1H3. The van der Waals surface area contributed by atoms with Crippen molar-refractivity contribution >= 4 is 9.84 Å². The van der Waals surface area contributed by atoms with Gasteiger partial charge in [0, 0.05) is 12.2 Å². The summed E-state index contributed by atoms with van der Waals surface area (Å²) in [6.07, 6.45) is 0.275. The quantitative estimate of drug-likeness (QED) is 0.810. The van der Waals surface area contributed by atoms with E-state index in [9.17, 15) is 8.42 Å². The minimum atomic E-state index is -3.17. The largest absolute Gasteiger partial charge is 0.496 e. The fourth-order valence-corrected chi connectivity index (χ4v) is 2.84. The molecule has 0 unspecified atom stereocenters. The number of hydrogen-bond acceptors (Lipinski definition) is 4. The Morgan fingerprint density at radius 1 is 1.31 bits per heavy atom. The molecule has 1 aromatic rings. The van der Waals surface area contributed by atoms with E-state index in [4.69, 9.17) is 9.84 Å². The minimum Gasteiger partial charge on any atom is -0.496 e. The molecule has 0 aliphatic heterocycles. The smallest absolute Gasteiger partial charge is 0.154 e. The summed E-state index contributed by atoms with van der Waals surface area (Å²) in [6, 6.07) is 7.04.